The number of hydrogen-bond donors (Lipinski definition) is 0. The first kappa shape index (κ1) is 21.1. The molecule has 4 saturated carbocycles. The van der Waals surface area contributed by atoms with Gasteiger partial charge in [0.05, 0.1) is 0 Å². The molecule has 1 aromatic heterocycles. The van der Waals surface area contributed by atoms with Crippen molar-refractivity contribution in [2.75, 3.05) is 0 Å². The average molecular weight is 553 g/mol. The number of carbonyl (C=O) groups excluding carboxylic acids is 1. The van der Waals surface area contributed by atoms with E-state index in [0.29, 0.717) is 22.5 Å². The molecule has 7 heteroatoms. The number of aromatic nitrogens is 4. The van der Waals surface area contributed by atoms with Crippen LogP contribution in [-0.4, -0.2) is 26.0 Å². The predicted octanol–water partition coefficient (Wildman–Crippen LogP) is 5.76. The Bertz CT molecular complexity index is 948. The number of tetrazole rings is 1. The highest BCUT2D eigenvalue weighted by Gasteiger charge is 2.67. The summed E-state index contributed by atoms with van der Waals surface area (Å²) >= 11 is 2.28. The summed E-state index contributed by atoms with van der Waals surface area (Å²) in [5.41, 5.74) is 2.30. The number of nitrogens with zero attached hydrogens (tertiary/aromatic N) is 4. The first-order valence-corrected chi connectivity index (χ1v) is 15.5. The molecule has 31 heavy (non-hydrogen) atoms. The zero-order valence-corrected chi connectivity index (χ0v) is 21.7. The van der Waals surface area contributed by atoms with Crippen LogP contribution in [0.1, 0.15) is 65.7 Å². The van der Waals surface area contributed by atoms with E-state index in [9.17, 15) is 4.79 Å². The van der Waals surface area contributed by atoms with Gasteiger partial charge in [-0.3, -0.25) is 4.79 Å². The third-order valence-electron chi connectivity index (χ3n) is 10.5. The largest absolute Gasteiger partial charge is 0.295 e. The molecule has 0 N–H and O–H groups in total. The molecular weight excluding hydrogens is 519 g/mol. The fraction of sp³-hybridized carbons (Fsp3) is 0.833. The second kappa shape index (κ2) is 7.28. The lowest BCUT2D eigenvalue weighted by molar-refractivity contribution is -0.118. The standard InChI is InChI=1S/C24H33IN4OS/c1-13(12-29-22(31-25)26-27-28-29)17-4-5-18-21-16-11-15(16)20-10-14(30)6-8-24(20,3)19(21)7-9-23(17,18)2/h10,13,15-19,21H,4-9,11-12H2,1-3H3/t13-,15+,16-,17?,18?,19?,21?,23-,24-/m1/s1. The third-order valence-corrected chi connectivity index (χ3v) is 12.2. The Balaban J connectivity index is 1.27. The number of halogens is 1. The van der Waals surface area contributed by atoms with Crippen molar-refractivity contribution in [3.05, 3.63) is 11.6 Å². The van der Waals surface area contributed by atoms with Gasteiger partial charge in [0.2, 0.25) is 5.16 Å². The quantitative estimate of drug-likeness (QED) is 0.445. The van der Waals surface area contributed by atoms with Crippen LogP contribution in [0.4, 0.5) is 0 Å². The summed E-state index contributed by atoms with van der Waals surface area (Å²) in [7, 11) is 1.61. The first-order chi connectivity index (χ1) is 14.9. The molecule has 9 atom stereocenters. The number of ketones is 1. The molecule has 5 aliphatic rings. The van der Waals surface area contributed by atoms with Crippen LogP contribution in [0, 0.1) is 52.3 Å². The molecule has 1 heterocycles. The Morgan fingerprint density at radius 2 is 2.10 bits per heavy atom. The van der Waals surface area contributed by atoms with Crippen LogP contribution in [0.3, 0.4) is 0 Å². The minimum absolute atomic E-state index is 0.292. The summed E-state index contributed by atoms with van der Waals surface area (Å²) in [5.74, 6) is 5.85. The van der Waals surface area contributed by atoms with Crippen molar-refractivity contribution in [2.24, 2.45) is 52.3 Å². The van der Waals surface area contributed by atoms with Gasteiger partial charge in [-0.1, -0.05) is 26.3 Å². The summed E-state index contributed by atoms with van der Waals surface area (Å²) in [4.78, 5) is 12.2. The first-order valence-electron chi connectivity index (χ1n) is 12.2. The SMILES string of the molecule is C[C@H](Cn1nnnc1SI)C1CCC2C3C(CC[C@@]21C)[C@@]1(C)CCC(=O)C=C1[C@H]1C[C@@H]31. The summed E-state index contributed by atoms with van der Waals surface area (Å²) in [6.07, 6.45) is 10.8. The third kappa shape index (κ3) is 3.00. The fourth-order valence-electron chi connectivity index (χ4n) is 9.14. The van der Waals surface area contributed by atoms with E-state index >= 15 is 0 Å². The van der Waals surface area contributed by atoms with Crippen LogP contribution < -0.4 is 0 Å². The van der Waals surface area contributed by atoms with Gasteiger partial charge < -0.3 is 0 Å². The Morgan fingerprint density at radius 1 is 1.26 bits per heavy atom. The number of rotatable bonds is 4. The number of allylic oxidation sites excluding steroid dienone is 1. The summed E-state index contributed by atoms with van der Waals surface area (Å²) < 4.78 is 2.01. The topological polar surface area (TPSA) is 60.7 Å². The second-order valence-corrected chi connectivity index (χ2v) is 13.5. The summed E-state index contributed by atoms with van der Waals surface area (Å²) in [6.45, 7) is 8.52. The summed E-state index contributed by atoms with van der Waals surface area (Å²) in [5, 5.41) is 13.2. The van der Waals surface area contributed by atoms with Crippen molar-refractivity contribution in [1.82, 2.24) is 20.2 Å². The molecule has 0 amide bonds. The van der Waals surface area contributed by atoms with Gasteiger partial charge in [-0.25, -0.2) is 4.68 Å². The average Bonchev–Trinajstić information content (AvgIpc) is 3.27. The van der Waals surface area contributed by atoms with E-state index in [0.717, 1.165) is 60.1 Å². The number of hydrogen-bond acceptors (Lipinski definition) is 5. The van der Waals surface area contributed by atoms with Crippen LogP contribution in [-0.2, 0) is 11.3 Å². The highest BCUT2D eigenvalue weighted by molar-refractivity contribution is 14.2. The molecule has 6 rings (SSSR count). The Kier molecular flexibility index (Phi) is 4.96. The molecule has 0 spiro atoms. The fourth-order valence-corrected chi connectivity index (χ4v) is 10.3. The molecule has 0 saturated heterocycles. The van der Waals surface area contributed by atoms with Gasteiger partial charge in [0.1, 0.15) is 0 Å². The molecule has 0 aromatic carbocycles. The minimum Gasteiger partial charge on any atom is -0.295 e. The monoisotopic (exact) mass is 552 g/mol. The van der Waals surface area contributed by atoms with Crippen LogP contribution >= 0.6 is 30.1 Å². The Hall–Kier alpha value is -0.440. The van der Waals surface area contributed by atoms with Gasteiger partial charge in [0.25, 0.3) is 0 Å². The molecule has 4 fully saturated rings. The normalized spacial score (nSPS) is 46.5. The molecule has 0 aliphatic heterocycles. The van der Waals surface area contributed by atoms with Gasteiger partial charge in [-0.15, -0.1) is 5.10 Å². The molecule has 5 nitrogen and oxygen atoms in total. The molecule has 0 radical (unpaired) electrons. The molecular formula is C24H33IN4OS. The van der Waals surface area contributed by atoms with Gasteiger partial charge in [0.15, 0.2) is 5.78 Å². The van der Waals surface area contributed by atoms with E-state index in [1.165, 1.54) is 32.1 Å². The minimum atomic E-state index is 0.292. The van der Waals surface area contributed by atoms with Gasteiger partial charge in [-0.2, -0.15) is 0 Å². The second-order valence-electron chi connectivity index (χ2n) is 11.7. The molecule has 5 aliphatic carbocycles. The molecule has 1 aromatic rings. The van der Waals surface area contributed by atoms with E-state index in [4.69, 9.17) is 0 Å². The van der Waals surface area contributed by atoms with Crippen molar-refractivity contribution in [2.45, 2.75) is 77.4 Å². The van der Waals surface area contributed by atoms with Gasteiger partial charge in [0, 0.05) is 34.2 Å². The smallest absolute Gasteiger partial charge is 0.219 e. The maximum absolute atomic E-state index is 12.2. The zero-order chi connectivity index (χ0) is 21.5. The lowest BCUT2D eigenvalue weighted by Gasteiger charge is -2.58. The van der Waals surface area contributed by atoms with Crippen molar-refractivity contribution in [1.29, 1.82) is 0 Å². The van der Waals surface area contributed by atoms with Gasteiger partial charge >= 0.3 is 0 Å². The molecule has 168 valence electrons. The van der Waals surface area contributed by atoms with Crippen LogP contribution in [0.2, 0.25) is 0 Å². The van der Waals surface area contributed by atoms with E-state index in [1.54, 1.807) is 14.5 Å². The maximum atomic E-state index is 12.2. The van der Waals surface area contributed by atoms with Crippen LogP contribution in [0.5, 0.6) is 0 Å². The van der Waals surface area contributed by atoms with E-state index in [-0.39, 0.29) is 0 Å². The van der Waals surface area contributed by atoms with E-state index in [2.05, 4.69) is 63.6 Å². The molecule has 0 bridgehead atoms. The lowest BCUT2D eigenvalue weighted by atomic mass is 9.46. The summed E-state index contributed by atoms with van der Waals surface area (Å²) in [6, 6.07) is 0. The van der Waals surface area contributed by atoms with Crippen molar-refractivity contribution >= 4 is 35.9 Å². The van der Waals surface area contributed by atoms with Crippen LogP contribution in [0.15, 0.2) is 16.8 Å². The highest BCUT2D eigenvalue weighted by atomic mass is 127. The number of fused-ring (bicyclic) bond motifs is 8. The van der Waals surface area contributed by atoms with E-state index in [1.807, 2.05) is 4.68 Å². The highest BCUT2D eigenvalue weighted by Crippen LogP contribution is 2.74. The molecule has 4 unspecified atom stereocenters. The lowest BCUT2D eigenvalue weighted by Crippen LogP contribution is -2.52. The van der Waals surface area contributed by atoms with Crippen molar-refractivity contribution < 1.29 is 4.79 Å². The Morgan fingerprint density at radius 3 is 2.90 bits per heavy atom. The van der Waals surface area contributed by atoms with Crippen molar-refractivity contribution in [3.8, 4) is 0 Å². The predicted molar refractivity (Wildman–Crippen MR) is 129 cm³/mol. The van der Waals surface area contributed by atoms with Gasteiger partial charge in [-0.05, 0) is 116 Å². The number of carbonyl (C=O) groups is 1. The van der Waals surface area contributed by atoms with Crippen molar-refractivity contribution in [3.63, 3.8) is 0 Å². The maximum Gasteiger partial charge on any atom is 0.219 e. The zero-order valence-electron chi connectivity index (χ0n) is 18.8. The van der Waals surface area contributed by atoms with E-state index < -0.39 is 0 Å². The Labute approximate surface area is 201 Å². The van der Waals surface area contributed by atoms with Crippen LogP contribution in [0.25, 0.3) is 0 Å².